The second-order valence-electron chi connectivity index (χ2n) is 8.33. The number of hydrogen-bond acceptors (Lipinski definition) is 3. The van der Waals surface area contributed by atoms with Gasteiger partial charge in [-0.1, -0.05) is 12.1 Å². The summed E-state index contributed by atoms with van der Waals surface area (Å²) in [5.41, 5.74) is 9.60. The van der Waals surface area contributed by atoms with Crippen molar-refractivity contribution in [3.63, 3.8) is 0 Å². The molecular formula is C28H38N2S. The van der Waals surface area contributed by atoms with Crippen LogP contribution in [0.4, 0.5) is 11.4 Å². The molecule has 0 radical (unpaired) electrons. The Labute approximate surface area is 193 Å². The van der Waals surface area contributed by atoms with Gasteiger partial charge in [-0.15, -0.1) is 11.3 Å². The molecule has 0 aliphatic heterocycles. The minimum absolute atomic E-state index is 0.256. The van der Waals surface area contributed by atoms with Gasteiger partial charge in [-0.3, -0.25) is 0 Å². The van der Waals surface area contributed by atoms with Gasteiger partial charge in [0, 0.05) is 48.3 Å². The summed E-state index contributed by atoms with van der Waals surface area (Å²) in [5, 5.41) is 2.24. The third-order valence-corrected chi connectivity index (χ3v) is 7.65. The number of anilines is 2. The molecule has 31 heavy (non-hydrogen) atoms. The molecule has 0 N–H and O–H groups in total. The van der Waals surface area contributed by atoms with Crippen molar-refractivity contribution in [1.82, 2.24) is 0 Å². The first-order valence-corrected chi connectivity index (χ1v) is 12.6. The van der Waals surface area contributed by atoms with E-state index in [9.17, 15) is 0 Å². The highest BCUT2D eigenvalue weighted by molar-refractivity contribution is 7.10. The van der Waals surface area contributed by atoms with E-state index in [1.54, 1.807) is 0 Å². The zero-order valence-corrected chi connectivity index (χ0v) is 21.1. The van der Waals surface area contributed by atoms with Gasteiger partial charge in [0.2, 0.25) is 0 Å². The summed E-state index contributed by atoms with van der Waals surface area (Å²) >= 11 is 1.89. The van der Waals surface area contributed by atoms with Crippen molar-refractivity contribution in [2.45, 2.75) is 54.4 Å². The largest absolute Gasteiger partial charge is 0.372 e. The molecule has 0 spiro atoms. The van der Waals surface area contributed by atoms with Crippen molar-refractivity contribution in [2.75, 3.05) is 36.0 Å². The quantitative estimate of drug-likeness (QED) is 0.343. The molecule has 2 aromatic carbocycles. The fourth-order valence-corrected chi connectivity index (χ4v) is 5.64. The molecule has 0 aliphatic rings. The lowest BCUT2D eigenvalue weighted by Crippen LogP contribution is -2.23. The number of rotatable bonds is 9. The second kappa shape index (κ2) is 10.4. The molecule has 0 fully saturated rings. The molecule has 0 saturated heterocycles. The summed E-state index contributed by atoms with van der Waals surface area (Å²) < 4.78 is 0. The Kier molecular flexibility index (Phi) is 7.83. The topological polar surface area (TPSA) is 6.48 Å². The van der Waals surface area contributed by atoms with Crippen LogP contribution in [-0.2, 0) is 0 Å². The highest BCUT2D eigenvalue weighted by Crippen LogP contribution is 2.42. The number of benzene rings is 2. The first-order chi connectivity index (χ1) is 14.9. The highest BCUT2D eigenvalue weighted by Gasteiger charge is 2.25. The van der Waals surface area contributed by atoms with Crippen LogP contribution in [0.1, 0.15) is 66.3 Å². The lowest BCUT2D eigenvalue weighted by Gasteiger charge is -2.28. The van der Waals surface area contributed by atoms with Gasteiger partial charge in [0.25, 0.3) is 0 Å². The van der Waals surface area contributed by atoms with Gasteiger partial charge in [-0.05, 0) is 112 Å². The van der Waals surface area contributed by atoms with E-state index in [0.29, 0.717) is 0 Å². The molecule has 166 valence electrons. The van der Waals surface area contributed by atoms with Crippen LogP contribution in [0.2, 0.25) is 0 Å². The van der Waals surface area contributed by atoms with E-state index in [2.05, 4.69) is 106 Å². The van der Waals surface area contributed by atoms with Crippen LogP contribution < -0.4 is 9.80 Å². The molecule has 0 aliphatic carbocycles. The van der Waals surface area contributed by atoms with E-state index in [4.69, 9.17) is 0 Å². The Morgan fingerprint density at radius 1 is 0.645 bits per heavy atom. The average Bonchev–Trinajstić information content (AvgIpc) is 3.19. The predicted molar refractivity (Wildman–Crippen MR) is 139 cm³/mol. The number of aryl methyl sites for hydroxylation is 3. The average molecular weight is 435 g/mol. The molecule has 1 aromatic heterocycles. The summed E-state index contributed by atoms with van der Waals surface area (Å²) in [6.45, 7) is 19.8. The fraction of sp³-hybridized carbons (Fsp3) is 0.429. The lowest BCUT2D eigenvalue weighted by molar-refractivity contribution is 0.856. The third-order valence-electron chi connectivity index (χ3n) is 6.57. The zero-order chi connectivity index (χ0) is 22.5. The zero-order valence-electron chi connectivity index (χ0n) is 20.3. The predicted octanol–water partition coefficient (Wildman–Crippen LogP) is 7.55. The van der Waals surface area contributed by atoms with Gasteiger partial charge in [0.15, 0.2) is 0 Å². The molecule has 2 nitrogen and oxygen atoms in total. The number of hydrogen-bond donors (Lipinski definition) is 0. The van der Waals surface area contributed by atoms with Crippen LogP contribution in [0.15, 0.2) is 47.8 Å². The summed E-state index contributed by atoms with van der Waals surface area (Å²) in [6.07, 6.45) is 0. The summed E-state index contributed by atoms with van der Waals surface area (Å²) in [4.78, 5) is 6.35. The summed E-state index contributed by atoms with van der Waals surface area (Å²) in [5.74, 6) is 0.256. The van der Waals surface area contributed by atoms with E-state index in [-0.39, 0.29) is 5.92 Å². The normalized spacial score (nSPS) is 11.2. The fourth-order valence-electron chi connectivity index (χ4n) is 4.58. The van der Waals surface area contributed by atoms with Crippen molar-refractivity contribution in [3.8, 4) is 0 Å². The van der Waals surface area contributed by atoms with Crippen LogP contribution in [0.3, 0.4) is 0 Å². The Morgan fingerprint density at radius 2 is 1.10 bits per heavy atom. The number of thiophene rings is 1. The molecule has 0 saturated carbocycles. The molecular weight excluding hydrogens is 396 g/mol. The van der Waals surface area contributed by atoms with Crippen molar-refractivity contribution in [2.24, 2.45) is 0 Å². The van der Waals surface area contributed by atoms with Crippen LogP contribution in [0.5, 0.6) is 0 Å². The van der Waals surface area contributed by atoms with Gasteiger partial charge in [0.05, 0.1) is 0 Å². The molecule has 0 atom stereocenters. The summed E-state index contributed by atoms with van der Waals surface area (Å²) in [7, 11) is 0. The molecule has 0 unspecified atom stereocenters. The standard InChI is InChI=1S/C28H38N2S/c1-8-29(9-2)23-14-12-20(5)25(18-23)27(28-22(7)16-17-31-28)26-19-24(15-13-21(26)6)30(10-3)11-4/h12-19,27H,8-11H2,1-7H3. The van der Waals surface area contributed by atoms with E-state index in [0.717, 1.165) is 26.2 Å². The van der Waals surface area contributed by atoms with E-state index in [1.165, 1.54) is 44.1 Å². The molecule has 3 aromatic rings. The van der Waals surface area contributed by atoms with Crippen LogP contribution in [-0.4, -0.2) is 26.2 Å². The van der Waals surface area contributed by atoms with Gasteiger partial charge in [-0.25, -0.2) is 0 Å². The molecule has 3 heteroatoms. The monoisotopic (exact) mass is 434 g/mol. The van der Waals surface area contributed by atoms with Crippen LogP contribution in [0.25, 0.3) is 0 Å². The minimum Gasteiger partial charge on any atom is -0.372 e. The maximum absolute atomic E-state index is 2.44. The molecule has 3 rings (SSSR count). The van der Waals surface area contributed by atoms with Crippen LogP contribution >= 0.6 is 11.3 Å². The van der Waals surface area contributed by atoms with Gasteiger partial charge in [0.1, 0.15) is 0 Å². The van der Waals surface area contributed by atoms with E-state index >= 15 is 0 Å². The highest BCUT2D eigenvalue weighted by atomic mass is 32.1. The van der Waals surface area contributed by atoms with Crippen molar-refractivity contribution in [3.05, 3.63) is 80.5 Å². The second-order valence-corrected chi connectivity index (χ2v) is 9.27. The maximum atomic E-state index is 2.44. The Balaban J connectivity index is 2.24. The van der Waals surface area contributed by atoms with Crippen molar-refractivity contribution in [1.29, 1.82) is 0 Å². The van der Waals surface area contributed by atoms with E-state index < -0.39 is 0 Å². The third kappa shape index (κ3) is 4.82. The Hall–Kier alpha value is -2.26. The van der Waals surface area contributed by atoms with Crippen LogP contribution in [0, 0.1) is 20.8 Å². The Morgan fingerprint density at radius 3 is 1.45 bits per heavy atom. The SMILES string of the molecule is CCN(CC)c1ccc(C)c(C(c2cc(N(CC)CC)ccc2C)c2sccc2C)c1. The van der Waals surface area contributed by atoms with E-state index in [1.807, 2.05) is 11.3 Å². The smallest absolute Gasteiger partial charge is 0.0443 e. The molecule has 0 bridgehead atoms. The summed E-state index contributed by atoms with van der Waals surface area (Å²) in [6, 6.07) is 16.3. The minimum atomic E-state index is 0.256. The van der Waals surface area contributed by atoms with Crippen molar-refractivity contribution < 1.29 is 0 Å². The first kappa shape index (κ1) is 23.4. The van der Waals surface area contributed by atoms with Crippen molar-refractivity contribution >= 4 is 22.7 Å². The molecule has 0 amide bonds. The van der Waals surface area contributed by atoms with Gasteiger partial charge < -0.3 is 9.80 Å². The molecule has 1 heterocycles. The number of nitrogens with zero attached hydrogens (tertiary/aromatic N) is 2. The first-order valence-electron chi connectivity index (χ1n) is 11.7. The maximum Gasteiger partial charge on any atom is 0.0443 e. The van der Waals surface area contributed by atoms with Gasteiger partial charge >= 0.3 is 0 Å². The lowest BCUT2D eigenvalue weighted by atomic mass is 9.83. The van der Waals surface area contributed by atoms with Gasteiger partial charge in [-0.2, -0.15) is 0 Å². The Bertz CT molecular complexity index is 934.